The number of hydrogen-bond donors (Lipinski definition) is 1. The van der Waals surface area contributed by atoms with Crippen LogP contribution in [0.2, 0.25) is 5.02 Å². The molecule has 0 saturated carbocycles. The smallest absolute Gasteiger partial charge is 0.226 e. The molecule has 0 aliphatic rings. The molecule has 1 atom stereocenters. The van der Waals surface area contributed by atoms with E-state index in [1.54, 1.807) is 17.5 Å². The van der Waals surface area contributed by atoms with Gasteiger partial charge >= 0.3 is 0 Å². The van der Waals surface area contributed by atoms with Gasteiger partial charge in [-0.05, 0) is 41.6 Å². The first-order chi connectivity index (χ1) is 11.7. The second-order valence-electron chi connectivity index (χ2n) is 5.41. The van der Waals surface area contributed by atoms with E-state index in [2.05, 4.69) is 9.97 Å². The molecule has 3 aromatic rings. The van der Waals surface area contributed by atoms with Crippen LogP contribution >= 0.6 is 22.9 Å². The Morgan fingerprint density at radius 2 is 2.00 bits per heavy atom. The van der Waals surface area contributed by atoms with Crippen molar-refractivity contribution in [2.24, 2.45) is 0 Å². The van der Waals surface area contributed by atoms with Crippen LogP contribution in [0.5, 0.6) is 0 Å². The van der Waals surface area contributed by atoms with Crippen molar-refractivity contribution in [1.82, 2.24) is 9.97 Å². The molecule has 4 nitrogen and oxygen atoms in total. The van der Waals surface area contributed by atoms with Crippen molar-refractivity contribution >= 4 is 28.9 Å². The van der Waals surface area contributed by atoms with Crippen molar-refractivity contribution in [2.75, 3.05) is 18.6 Å². The molecular formula is C18H18ClN3OS. The maximum atomic E-state index is 9.46. The van der Waals surface area contributed by atoms with E-state index < -0.39 is 0 Å². The molecule has 2 aromatic heterocycles. The average Bonchev–Trinajstić information content (AvgIpc) is 3.15. The fraction of sp³-hybridized carbons (Fsp3) is 0.222. The van der Waals surface area contributed by atoms with Gasteiger partial charge in [-0.15, -0.1) is 11.3 Å². The van der Waals surface area contributed by atoms with Gasteiger partial charge in [-0.3, -0.25) is 0 Å². The highest BCUT2D eigenvalue weighted by molar-refractivity contribution is 7.13. The van der Waals surface area contributed by atoms with Gasteiger partial charge in [0.15, 0.2) is 0 Å². The minimum atomic E-state index is -0.0224. The quantitative estimate of drug-likeness (QED) is 0.707. The van der Waals surface area contributed by atoms with Gasteiger partial charge in [-0.1, -0.05) is 29.8 Å². The van der Waals surface area contributed by atoms with Crippen LogP contribution in [0.1, 0.15) is 18.0 Å². The number of benzene rings is 1. The number of rotatable bonds is 6. The summed E-state index contributed by atoms with van der Waals surface area (Å²) in [5.74, 6) is 0.634. The molecule has 24 heavy (non-hydrogen) atoms. The number of aromatic nitrogens is 2. The Labute approximate surface area is 150 Å². The molecule has 0 fully saturated rings. The lowest BCUT2D eigenvalue weighted by Gasteiger charge is -2.28. The van der Waals surface area contributed by atoms with E-state index in [4.69, 9.17) is 11.6 Å². The predicted molar refractivity (Wildman–Crippen MR) is 99.6 cm³/mol. The molecule has 6 heteroatoms. The highest BCUT2D eigenvalue weighted by Crippen LogP contribution is 2.29. The Hall–Kier alpha value is -1.95. The highest BCUT2D eigenvalue weighted by atomic mass is 35.5. The number of aliphatic hydroxyl groups excluding tert-OH is 1. The number of halogens is 1. The van der Waals surface area contributed by atoms with Crippen molar-refractivity contribution in [2.45, 2.75) is 12.5 Å². The lowest BCUT2D eigenvalue weighted by atomic mass is 10.0. The zero-order valence-electron chi connectivity index (χ0n) is 13.3. The number of thiophene rings is 1. The SMILES string of the molecule is CN(c1nccc(-c2cccs2)n1)C(CCO)c1ccc(Cl)cc1. The van der Waals surface area contributed by atoms with E-state index >= 15 is 0 Å². The van der Waals surface area contributed by atoms with Crippen molar-refractivity contribution in [3.63, 3.8) is 0 Å². The summed E-state index contributed by atoms with van der Waals surface area (Å²) in [6, 6.07) is 13.6. The molecule has 2 heterocycles. The van der Waals surface area contributed by atoms with Crippen LogP contribution in [0.25, 0.3) is 10.6 Å². The third kappa shape index (κ3) is 3.75. The second-order valence-corrected chi connectivity index (χ2v) is 6.79. The summed E-state index contributed by atoms with van der Waals surface area (Å²) < 4.78 is 0. The van der Waals surface area contributed by atoms with Gasteiger partial charge in [0, 0.05) is 24.9 Å². The maximum absolute atomic E-state index is 9.46. The lowest BCUT2D eigenvalue weighted by Crippen LogP contribution is -2.27. The van der Waals surface area contributed by atoms with Crippen LogP contribution < -0.4 is 4.90 Å². The van der Waals surface area contributed by atoms with Crippen LogP contribution in [0.3, 0.4) is 0 Å². The Bertz CT molecular complexity index is 777. The maximum Gasteiger partial charge on any atom is 0.226 e. The number of anilines is 1. The summed E-state index contributed by atoms with van der Waals surface area (Å²) in [5, 5.41) is 12.2. The molecule has 0 saturated heterocycles. The first-order valence-corrected chi connectivity index (χ1v) is 8.91. The Balaban J connectivity index is 1.91. The monoisotopic (exact) mass is 359 g/mol. The minimum Gasteiger partial charge on any atom is -0.396 e. The van der Waals surface area contributed by atoms with E-state index in [1.165, 1.54) is 0 Å². The first-order valence-electron chi connectivity index (χ1n) is 7.65. The molecule has 0 spiro atoms. The number of nitrogens with zero attached hydrogens (tertiary/aromatic N) is 3. The molecule has 1 aromatic carbocycles. The largest absolute Gasteiger partial charge is 0.396 e. The summed E-state index contributed by atoms with van der Waals surface area (Å²) in [7, 11) is 1.95. The zero-order chi connectivity index (χ0) is 16.9. The van der Waals surface area contributed by atoms with E-state index in [-0.39, 0.29) is 12.6 Å². The summed E-state index contributed by atoms with van der Waals surface area (Å²) in [5.41, 5.74) is 1.97. The predicted octanol–water partition coefficient (Wildman–Crippen LogP) is 4.42. The molecule has 0 amide bonds. The molecule has 1 N–H and O–H groups in total. The molecular weight excluding hydrogens is 342 g/mol. The third-order valence-corrected chi connectivity index (χ3v) is 5.00. The third-order valence-electron chi connectivity index (χ3n) is 3.86. The normalized spacial score (nSPS) is 12.1. The molecule has 0 aliphatic heterocycles. The van der Waals surface area contributed by atoms with Crippen LogP contribution in [0.4, 0.5) is 5.95 Å². The van der Waals surface area contributed by atoms with Gasteiger partial charge in [0.1, 0.15) is 0 Å². The topological polar surface area (TPSA) is 49.2 Å². The van der Waals surface area contributed by atoms with Crippen molar-refractivity contribution in [3.8, 4) is 10.6 Å². The second kappa shape index (κ2) is 7.75. The van der Waals surface area contributed by atoms with Gasteiger partial charge < -0.3 is 10.0 Å². The van der Waals surface area contributed by atoms with E-state index in [1.807, 2.05) is 59.8 Å². The molecule has 3 rings (SSSR count). The Kier molecular flexibility index (Phi) is 5.45. The zero-order valence-corrected chi connectivity index (χ0v) is 14.8. The van der Waals surface area contributed by atoms with Crippen molar-refractivity contribution in [1.29, 1.82) is 0 Å². The van der Waals surface area contributed by atoms with E-state index in [0.29, 0.717) is 17.4 Å². The fourth-order valence-electron chi connectivity index (χ4n) is 2.61. The minimum absolute atomic E-state index is 0.0224. The first kappa shape index (κ1) is 16.9. The molecule has 1 unspecified atom stereocenters. The summed E-state index contributed by atoms with van der Waals surface area (Å²) >= 11 is 7.63. The van der Waals surface area contributed by atoms with Crippen LogP contribution in [0, 0.1) is 0 Å². The Morgan fingerprint density at radius 3 is 2.67 bits per heavy atom. The van der Waals surface area contributed by atoms with Gasteiger partial charge in [0.05, 0.1) is 16.6 Å². The standard InChI is InChI=1S/C18H18ClN3OS/c1-22(16(9-11-23)13-4-6-14(19)7-5-13)18-20-10-8-15(21-18)17-3-2-12-24-17/h2-8,10,12,16,23H,9,11H2,1H3. The number of hydrogen-bond acceptors (Lipinski definition) is 5. The van der Waals surface area contributed by atoms with Crippen LogP contribution in [-0.2, 0) is 0 Å². The molecule has 0 radical (unpaired) electrons. The number of aliphatic hydroxyl groups is 1. The van der Waals surface area contributed by atoms with Gasteiger partial charge in [0.2, 0.25) is 5.95 Å². The highest BCUT2D eigenvalue weighted by Gasteiger charge is 2.19. The summed E-state index contributed by atoms with van der Waals surface area (Å²) in [6.07, 6.45) is 2.36. The van der Waals surface area contributed by atoms with Crippen LogP contribution in [0.15, 0.2) is 54.0 Å². The van der Waals surface area contributed by atoms with Crippen molar-refractivity contribution in [3.05, 3.63) is 64.6 Å². The summed E-state index contributed by atoms with van der Waals surface area (Å²) in [4.78, 5) is 12.2. The van der Waals surface area contributed by atoms with E-state index in [0.717, 1.165) is 16.1 Å². The average molecular weight is 360 g/mol. The fourth-order valence-corrected chi connectivity index (χ4v) is 3.43. The lowest BCUT2D eigenvalue weighted by molar-refractivity contribution is 0.274. The van der Waals surface area contributed by atoms with Gasteiger partial charge in [-0.2, -0.15) is 0 Å². The van der Waals surface area contributed by atoms with Crippen LogP contribution in [-0.4, -0.2) is 28.7 Å². The molecule has 124 valence electrons. The molecule has 0 aliphatic carbocycles. The van der Waals surface area contributed by atoms with Gasteiger partial charge in [-0.25, -0.2) is 9.97 Å². The Morgan fingerprint density at radius 1 is 1.21 bits per heavy atom. The van der Waals surface area contributed by atoms with E-state index in [9.17, 15) is 5.11 Å². The van der Waals surface area contributed by atoms with Gasteiger partial charge in [0.25, 0.3) is 0 Å². The summed E-state index contributed by atoms with van der Waals surface area (Å²) in [6.45, 7) is 0.0856. The van der Waals surface area contributed by atoms with Crippen molar-refractivity contribution < 1.29 is 5.11 Å². The molecule has 0 bridgehead atoms.